The van der Waals surface area contributed by atoms with Crippen LogP contribution in [0.15, 0.2) is 48.7 Å². The van der Waals surface area contributed by atoms with Crippen molar-refractivity contribution in [1.29, 1.82) is 0 Å². The number of aromatic nitrogens is 1. The molecule has 1 aliphatic rings. The van der Waals surface area contributed by atoms with Gasteiger partial charge in [-0.25, -0.2) is 0 Å². The maximum atomic E-state index is 12.1. The molecule has 0 bridgehead atoms. The van der Waals surface area contributed by atoms with Crippen LogP contribution in [0.1, 0.15) is 23.7 Å². The SMILES string of the molecule is CCc1ccnc(CCOC2C(=O)SC(=O)N2Cc2ccccc2)c1. The first kappa shape index (κ1) is 17.6. The molecule has 2 heterocycles. The fourth-order valence-corrected chi connectivity index (χ4v) is 3.41. The number of rotatable bonds is 7. The average Bonchev–Trinajstić information content (AvgIpc) is 2.90. The van der Waals surface area contributed by atoms with Gasteiger partial charge in [-0.15, -0.1) is 0 Å². The smallest absolute Gasteiger partial charge is 0.292 e. The Kier molecular flexibility index (Phi) is 5.83. The zero-order valence-electron chi connectivity index (χ0n) is 14.1. The van der Waals surface area contributed by atoms with E-state index in [-0.39, 0.29) is 10.4 Å². The van der Waals surface area contributed by atoms with Crippen molar-refractivity contribution in [2.24, 2.45) is 0 Å². The van der Waals surface area contributed by atoms with Gasteiger partial charge in [0.05, 0.1) is 6.61 Å². The Bertz CT molecular complexity index is 751. The van der Waals surface area contributed by atoms with Crippen molar-refractivity contribution in [3.8, 4) is 0 Å². The normalized spacial score (nSPS) is 17.3. The Morgan fingerprint density at radius 2 is 1.96 bits per heavy atom. The first-order chi connectivity index (χ1) is 12.2. The lowest BCUT2D eigenvalue weighted by molar-refractivity contribution is -0.129. The van der Waals surface area contributed by atoms with E-state index in [9.17, 15) is 9.59 Å². The lowest BCUT2D eigenvalue weighted by atomic mass is 10.1. The van der Waals surface area contributed by atoms with E-state index in [1.165, 1.54) is 10.5 Å². The third-order valence-electron chi connectivity index (χ3n) is 4.03. The standard InChI is InChI=1S/C19H20N2O3S/c1-2-14-8-10-20-16(12-14)9-11-24-17-18(22)25-19(23)21(17)13-15-6-4-3-5-7-15/h3-8,10,12,17H,2,9,11,13H2,1H3. The lowest BCUT2D eigenvalue weighted by Crippen LogP contribution is -2.37. The van der Waals surface area contributed by atoms with Crippen molar-refractivity contribution in [2.45, 2.75) is 32.5 Å². The molecule has 1 aromatic heterocycles. The average molecular weight is 356 g/mol. The number of aryl methyl sites for hydroxylation is 1. The molecule has 2 aromatic rings. The molecule has 0 N–H and O–H groups in total. The number of hydrogen-bond acceptors (Lipinski definition) is 5. The van der Waals surface area contributed by atoms with Gasteiger partial charge in [-0.05, 0) is 29.7 Å². The molecule has 1 aliphatic heterocycles. The summed E-state index contributed by atoms with van der Waals surface area (Å²) < 4.78 is 5.74. The minimum Gasteiger partial charge on any atom is -0.350 e. The van der Waals surface area contributed by atoms with Gasteiger partial charge in [0, 0.05) is 36.6 Å². The van der Waals surface area contributed by atoms with Gasteiger partial charge in [0.2, 0.25) is 11.3 Å². The van der Waals surface area contributed by atoms with Crippen LogP contribution in [-0.4, -0.2) is 33.1 Å². The topological polar surface area (TPSA) is 59.5 Å². The molecule has 1 aromatic carbocycles. The highest BCUT2D eigenvalue weighted by Gasteiger charge is 2.40. The van der Waals surface area contributed by atoms with E-state index in [4.69, 9.17) is 4.74 Å². The van der Waals surface area contributed by atoms with Gasteiger partial charge >= 0.3 is 0 Å². The maximum absolute atomic E-state index is 12.1. The molecule has 6 heteroatoms. The monoisotopic (exact) mass is 356 g/mol. The Labute approximate surface area is 151 Å². The molecule has 1 saturated heterocycles. The zero-order chi connectivity index (χ0) is 17.6. The minimum absolute atomic E-state index is 0.254. The van der Waals surface area contributed by atoms with E-state index in [2.05, 4.69) is 11.9 Å². The Morgan fingerprint density at radius 1 is 1.16 bits per heavy atom. The summed E-state index contributed by atoms with van der Waals surface area (Å²) in [6.45, 7) is 2.81. The summed E-state index contributed by atoms with van der Waals surface area (Å²) in [5, 5.41) is -0.513. The van der Waals surface area contributed by atoms with Crippen molar-refractivity contribution in [3.05, 3.63) is 65.5 Å². The van der Waals surface area contributed by atoms with E-state index >= 15 is 0 Å². The largest absolute Gasteiger partial charge is 0.350 e. The molecular formula is C19H20N2O3S. The molecular weight excluding hydrogens is 336 g/mol. The predicted octanol–water partition coefficient (Wildman–Crippen LogP) is 3.42. The highest BCUT2D eigenvalue weighted by Crippen LogP contribution is 2.28. The van der Waals surface area contributed by atoms with Crippen LogP contribution in [0.3, 0.4) is 0 Å². The third-order valence-corrected chi connectivity index (χ3v) is 4.84. The molecule has 5 nitrogen and oxygen atoms in total. The molecule has 0 spiro atoms. The number of amides is 1. The number of thioether (sulfide) groups is 1. The van der Waals surface area contributed by atoms with Crippen LogP contribution >= 0.6 is 11.8 Å². The number of ether oxygens (including phenoxy) is 1. The van der Waals surface area contributed by atoms with E-state index < -0.39 is 6.23 Å². The number of nitrogens with zero attached hydrogens (tertiary/aromatic N) is 2. The van der Waals surface area contributed by atoms with Crippen LogP contribution in [0.4, 0.5) is 4.79 Å². The predicted molar refractivity (Wildman–Crippen MR) is 97.0 cm³/mol. The van der Waals surface area contributed by atoms with Crippen molar-refractivity contribution in [2.75, 3.05) is 6.61 Å². The van der Waals surface area contributed by atoms with Crippen LogP contribution in [0.2, 0.25) is 0 Å². The molecule has 1 amide bonds. The van der Waals surface area contributed by atoms with Gasteiger partial charge in [0.15, 0.2) is 0 Å². The van der Waals surface area contributed by atoms with Crippen molar-refractivity contribution in [1.82, 2.24) is 9.88 Å². The number of carbonyl (C=O) groups excluding carboxylic acids is 2. The summed E-state index contributed by atoms with van der Waals surface area (Å²) in [4.78, 5) is 30.0. The van der Waals surface area contributed by atoms with Crippen LogP contribution in [0.5, 0.6) is 0 Å². The van der Waals surface area contributed by atoms with Crippen LogP contribution in [0, 0.1) is 0 Å². The summed E-state index contributed by atoms with van der Waals surface area (Å²) in [5.41, 5.74) is 3.12. The van der Waals surface area contributed by atoms with Crippen LogP contribution in [0.25, 0.3) is 0 Å². The van der Waals surface area contributed by atoms with E-state index in [1.54, 1.807) is 6.20 Å². The fourth-order valence-electron chi connectivity index (χ4n) is 2.66. The number of carbonyl (C=O) groups is 2. The third kappa shape index (κ3) is 4.46. The van der Waals surface area contributed by atoms with Gasteiger partial charge in [-0.2, -0.15) is 0 Å². The first-order valence-corrected chi connectivity index (χ1v) is 9.10. The zero-order valence-corrected chi connectivity index (χ0v) is 14.9. The summed E-state index contributed by atoms with van der Waals surface area (Å²) in [6, 6.07) is 13.6. The van der Waals surface area contributed by atoms with E-state index in [0.29, 0.717) is 31.3 Å². The highest BCUT2D eigenvalue weighted by atomic mass is 32.2. The van der Waals surface area contributed by atoms with Crippen LogP contribution in [-0.2, 0) is 28.9 Å². The van der Waals surface area contributed by atoms with Gasteiger partial charge in [-0.3, -0.25) is 19.5 Å². The van der Waals surface area contributed by atoms with Crippen molar-refractivity contribution >= 4 is 22.1 Å². The van der Waals surface area contributed by atoms with Crippen molar-refractivity contribution < 1.29 is 14.3 Å². The first-order valence-electron chi connectivity index (χ1n) is 8.29. The Morgan fingerprint density at radius 3 is 2.72 bits per heavy atom. The molecule has 0 radical (unpaired) electrons. The molecule has 1 unspecified atom stereocenters. The summed E-state index contributed by atoms with van der Waals surface area (Å²) in [7, 11) is 0. The Balaban J connectivity index is 1.60. The fraction of sp³-hybridized carbons (Fsp3) is 0.316. The van der Waals surface area contributed by atoms with Gasteiger partial charge in [0.25, 0.3) is 5.24 Å². The number of benzene rings is 1. The molecule has 1 fully saturated rings. The van der Waals surface area contributed by atoms with Gasteiger partial charge < -0.3 is 4.74 Å². The van der Waals surface area contributed by atoms with Gasteiger partial charge in [0.1, 0.15) is 0 Å². The Hall–Kier alpha value is -2.18. The highest BCUT2D eigenvalue weighted by molar-refractivity contribution is 8.26. The molecule has 1 atom stereocenters. The van der Waals surface area contributed by atoms with Crippen LogP contribution < -0.4 is 0 Å². The van der Waals surface area contributed by atoms with Gasteiger partial charge in [-0.1, -0.05) is 37.3 Å². The quantitative estimate of drug-likeness (QED) is 0.761. The molecule has 0 aliphatic carbocycles. The van der Waals surface area contributed by atoms with E-state index in [0.717, 1.165) is 17.7 Å². The number of pyridine rings is 1. The second-order valence-electron chi connectivity index (χ2n) is 5.78. The minimum atomic E-state index is -0.827. The summed E-state index contributed by atoms with van der Waals surface area (Å²) in [5.74, 6) is 0. The van der Waals surface area contributed by atoms with Crippen molar-refractivity contribution in [3.63, 3.8) is 0 Å². The molecule has 130 valence electrons. The molecule has 25 heavy (non-hydrogen) atoms. The number of hydrogen-bond donors (Lipinski definition) is 0. The molecule has 0 saturated carbocycles. The lowest BCUT2D eigenvalue weighted by Gasteiger charge is -2.22. The second kappa shape index (κ2) is 8.27. The summed E-state index contributed by atoms with van der Waals surface area (Å²) in [6.07, 6.45) is 2.52. The maximum Gasteiger partial charge on any atom is 0.292 e. The summed E-state index contributed by atoms with van der Waals surface area (Å²) >= 11 is 0.716. The molecule has 3 rings (SSSR count). The van der Waals surface area contributed by atoms with E-state index in [1.807, 2.05) is 42.5 Å². The second-order valence-corrected chi connectivity index (χ2v) is 6.74.